The predicted octanol–water partition coefficient (Wildman–Crippen LogP) is 4.02. The van der Waals surface area contributed by atoms with Crippen molar-refractivity contribution in [2.45, 2.75) is 64.1 Å². The maximum Gasteiger partial charge on any atom is 0.289 e. The first kappa shape index (κ1) is 22.6. The van der Waals surface area contributed by atoms with Crippen LogP contribution in [0.1, 0.15) is 74.7 Å². The van der Waals surface area contributed by atoms with E-state index in [1.54, 1.807) is 34.2 Å². The van der Waals surface area contributed by atoms with Crippen molar-refractivity contribution in [1.82, 2.24) is 34.6 Å². The van der Waals surface area contributed by atoms with Crippen molar-refractivity contribution in [2.75, 3.05) is 0 Å². The third-order valence-electron chi connectivity index (χ3n) is 7.48. The zero-order valence-electron chi connectivity index (χ0n) is 20.7. The van der Waals surface area contributed by atoms with Crippen LogP contribution in [0.5, 0.6) is 0 Å². The number of rotatable bonds is 7. The van der Waals surface area contributed by atoms with Crippen molar-refractivity contribution in [3.63, 3.8) is 0 Å². The number of aromatic nitrogens is 6. The topological polar surface area (TPSA) is 108 Å². The van der Waals surface area contributed by atoms with Gasteiger partial charge in [-0.3, -0.25) is 14.2 Å². The summed E-state index contributed by atoms with van der Waals surface area (Å²) >= 11 is 0. The number of hydrogen-bond donors (Lipinski definition) is 1. The monoisotopic (exact) mass is 483 g/mol. The minimum absolute atomic E-state index is 0.0141. The van der Waals surface area contributed by atoms with E-state index in [-0.39, 0.29) is 29.4 Å². The molecule has 0 unspecified atom stereocenters. The molecular weight excluding hydrogens is 454 g/mol. The Kier molecular flexibility index (Phi) is 5.24. The molecule has 184 valence electrons. The van der Waals surface area contributed by atoms with Crippen LogP contribution >= 0.6 is 0 Å². The Hall–Kier alpha value is -3.88. The largest absolute Gasteiger partial charge is 0.340 e. The molecule has 9 nitrogen and oxygen atoms in total. The van der Waals surface area contributed by atoms with Crippen molar-refractivity contribution in [1.29, 1.82) is 0 Å². The molecule has 3 heterocycles. The van der Waals surface area contributed by atoms with Crippen LogP contribution in [0.15, 0.2) is 54.0 Å². The predicted molar refractivity (Wildman–Crippen MR) is 135 cm³/mol. The molecule has 1 aromatic carbocycles. The quantitative estimate of drug-likeness (QED) is 0.425. The van der Waals surface area contributed by atoms with E-state index in [0.717, 1.165) is 29.4 Å². The number of nitrogens with one attached hydrogen (secondary N) is 1. The number of benzene rings is 1. The standard InChI is InChI=1S/C27H29N7O2/c1-16(2)34-24-20(13-30-34)12-29-23(31-24)25(35)32-27(10-11-27)21-8-6-19(7-9-21)22-14-28-15-33(26(22)36)17(3)18-4-5-18/h6-9,12-18H,4-5,10-11H2,1-3H3,(H,32,35)/t17-/m0/s1. The lowest BCUT2D eigenvalue weighted by molar-refractivity contribution is 0.0920. The lowest BCUT2D eigenvalue weighted by Crippen LogP contribution is -2.36. The van der Waals surface area contributed by atoms with Crippen molar-refractivity contribution in [3.05, 3.63) is 70.9 Å². The highest BCUT2D eigenvalue weighted by Crippen LogP contribution is 2.46. The summed E-state index contributed by atoms with van der Waals surface area (Å²) in [5, 5.41) is 8.30. The van der Waals surface area contributed by atoms with Crippen molar-refractivity contribution in [2.24, 2.45) is 5.92 Å². The minimum atomic E-state index is -0.443. The van der Waals surface area contributed by atoms with Gasteiger partial charge in [-0.05, 0) is 63.5 Å². The van der Waals surface area contributed by atoms with Gasteiger partial charge in [0.2, 0.25) is 5.82 Å². The van der Waals surface area contributed by atoms with Gasteiger partial charge >= 0.3 is 0 Å². The van der Waals surface area contributed by atoms with Gasteiger partial charge in [-0.15, -0.1) is 0 Å². The molecule has 2 fully saturated rings. The minimum Gasteiger partial charge on any atom is -0.340 e. The Morgan fingerprint density at radius 3 is 2.50 bits per heavy atom. The number of amides is 1. The van der Waals surface area contributed by atoms with Crippen LogP contribution in [0.3, 0.4) is 0 Å². The highest BCUT2D eigenvalue weighted by molar-refractivity contribution is 5.93. The van der Waals surface area contributed by atoms with E-state index in [4.69, 9.17) is 0 Å². The summed E-state index contributed by atoms with van der Waals surface area (Å²) in [4.78, 5) is 39.3. The van der Waals surface area contributed by atoms with Gasteiger partial charge in [0, 0.05) is 24.5 Å². The Balaban J connectivity index is 1.23. The normalized spacial score (nSPS) is 17.3. The molecule has 2 aliphatic carbocycles. The first-order chi connectivity index (χ1) is 17.4. The second-order valence-corrected chi connectivity index (χ2v) is 10.4. The summed E-state index contributed by atoms with van der Waals surface area (Å²) in [6.45, 7) is 6.13. The first-order valence-corrected chi connectivity index (χ1v) is 12.6. The van der Waals surface area contributed by atoms with Gasteiger partial charge in [0.25, 0.3) is 11.5 Å². The Morgan fingerprint density at radius 2 is 1.83 bits per heavy atom. The van der Waals surface area contributed by atoms with Crippen molar-refractivity contribution in [3.8, 4) is 11.1 Å². The SMILES string of the molecule is CC(C)n1ncc2cnc(C(=O)NC3(c4ccc(-c5cncn([C@@H](C)C6CC6)c5=O)cc4)CC3)nc21. The van der Waals surface area contributed by atoms with Gasteiger partial charge < -0.3 is 5.32 Å². The smallest absolute Gasteiger partial charge is 0.289 e. The summed E-state index contributed by atoms with van der Waals surface area (Å²) in [7, 11) is 0. The van der Waals surface area contributed by atoms with Crippen LogP contribution in [-0.2, 0) is 5.54 Å². The van der Waals surface area contributed by atoms with Crippen LogP contribution < -0.4 is 10.9 Å². The molecule has 6 rings (SSSR count). The molecule has 4 aromatic rings. The van der Waals surface area contributed by atoms with E-state index in [1.165, 1.54) is 12.8 Å². The van der Waals surface area contributed by atoms with E-state index in [1.807, 2.05) is 38.1 Å². The fourth-order valence-corrected chi connectivity index (χ4v) is 4.90. The van der Waals surface area contributed by atoms with E-state index >= 15 is 0 Å². The fourth-order valence-electron chi connectivity index (χ4n) is 4.90. The maximum atomic E-state index is 13.1. The zero-order chi connectivity index (χ0) is 25.0. The van der Waals surface area contributed by atoms with Crippen molar-refractivity contribution < 1.29 is 4.79 Å². The Morgan fingerprint density at radius 1 is 1.08 bits per heavy atom. The maximum absolute atomic E-state index is 13.1. The second kappa shape index (κ2) is 8.36. The molecule has 0 radical (unpaired) electrons. The van der Waals surface area contributed by atoms with Gasteiger partial charge in [-0.2, -0.15) is 5.10 Å². The van der Waals surface area contributed by atoms with Crippen LogP contribution in [0.4, 0.5) is 0 Å². The number of carbonyl (C=O) groups is 1. The zero-order valence-corrected chi connectivity index (χ0v) is 20.7. The Bertz CT molecular complexity index is 1510. The number of hydrogen-bond acceptors (Lipinski definition) is 6. The second-order valence-electron chi connectivity index (χ2n) is 10.4. The molecule has 0 saturated heterocycles. The molecule has 2 aliphatic rings. The van der Waals surface area contributed by atoms with E-state index in [9.17, 15) is 9.59 Å². The summed E-state index contributed by atoms with van der Waals surface area (Å²) in [5.74, 6) is 0.392. The van der Waals surface area contributed by atoms with Gasteiger partial charge in [0.1, 0.15) is 0 Å². The fraction of sp³-hybridized carbons (Fsp3) is 0.407. The molecule has 1 amide bonds. The number of carbonyl (C=O) groups excluding carboxylic acids is 1. The lowest BCUT2D eigenvalue weighted by atomic mass is 10.0. The molecule has 1 N–H and O–H groups in total. The molecule has 1 atom stereocenters. The number of fused-ring (bicyclic) bond motifs is 1. The molecule has 0 spiro atoms. The van der Waals surface area contributed by atoms with Crippen LogP contribution in [-0.4, -0.2) is 35.2 Å². The highest BCUT2D eigenvalue weighted by Gasteiger charge is 2.46. The van der Waals surface area contributed by atoms with Crippen LogP contribution in [0.2, 0.25) is 0 Å². The lowest BCUT2D eigenvalue weighted by Gasteiger charge is -2.18. The molecule has 0 bridgehead atoms. The third kappa shape index (κ3) is 3.88. The van der Waals surface area contributed by atoms with Gasteiger partial charge in [0.05, 0.1) is 29.0 Å². The van der Waals surface area contributed by atoms with E-state index in [2.05, 4.69) is 32.3 Å². The van der Waals surface area contributed by atoms with Gasteiger partial charge in [-0.1, -0.05) is 24.3 Å². The first-order valence-electron chi connectivity index (χ1n) is 12.6. The summed E-state index contributed by atoms with van der Waals surface area (Å²) in [5.41, 5.74) is 2.61. The summed E-state index contributed by atoms with van der Waals surface area (Å²) in [6.07, 6.45) is 10.6. The van der Waals surface area contributed by atoms with E-state index in [0.29, 0.717) is 17.1 Å². The van der Waals surface area contributed by atoms with E-state index < -0.39 is 5.54 Å². The third-order valence-corrected chi connectivity index (χ3v) is 7.48. The molecule has 3 aromatic heterocycles. The molecule has 0 aliphatic heterocycles. The van der Waals surface area contributed by atoms with Gasteiger partial charge in [0.15, 0.2) is 5.65 Å². The van der Waals surface area contributed by atoms with Crippen LogP contribution in [0, 0.1) is 5.92 Å². The Labute approximate surface area is 208 Å². The number of nitrogens with zero attached hydrogens (tertiary/aromatic N) is 6. The van der Waals surface area contributed by atoms with Crippen LogP contribution in [0.25, 0.3) is 22.2 Å². The molecule has 9 heteroatoms. The molecule has 36 heavy (non-hydrogen) atoms. The van der Waals surface area contributed by atoms with Gasteiger partial charge in [-0.25, -0.2) is 19.6 Å². The average Bonchev–Trinajstić information content (AvgIpc) is 3.81. The summed E-state index contributed by atoms with van der Waals surface area (Å²) in [6, 6.07) is 8.15. The summed E-state index contributed by atoms with van der Waals surface area (Å²) < 4.78 is 3.54. The highest BCUT2D eigenvalue weighted by atomic mass is 16.2. The molecular formula is C27H29N7O2. The molecule has 2 saturated carbocycles. The van der Waals surface area contributed by atoms with Crippen molar-refractivity contribution >= 4 is 16.9 Å². The average molecular weight is 484 g/mol.